The highest BCUT2D eigenvalue weighted by molar-refractivity contribution is 5.47. The topological polar surface area (TPSA) is 75.3 Å². The minimum Gasteiger partial charge on any atom is -0.395 e. The largest absolute Gasteiger partial charge is 0.395 e. The van der Waals surface area contributed by atoms with Crippen LogP contribution in [0.1, 0.15) is 18.9 Å². The fraction of sp³-hybridized carbons (Fsp3) is 0.600. The second kappa shape index (κ2) is 5.50. The number of nitrogens with two attached hydrogens (primary N) is 1. The Morgan fingerprint density at radius 1 is 1.47 bits per heavy atom. The molecule has 5 nitrogen and oxygen atoms in total. The summed E-state index contributed by atoms with van der Waals surface area (Å²) >= 11 is 0. The van der Waals surface area contributed by atoms with Crippen LogP contribution in [0.25, 0.3) is 0 Å². The molecule has 84 valence electrons. The Bertz CT molecular complexity index is 310. The maximum absolute atomic E-state index is 8.97. The summed E-state index contributed by atoms with van der Waals surface area (Å²) in [5.74, 6) is 1.09. The van der Waals surface area contributed by atoms with E-state index < -0.39 is 0 Å². The van der Waals surface area contributed by atoms with E-state index in [-0.39, 0.29) is 12.6 Å². The summed E-state index contributed by atoms with van der Waals surface area (Å²) in [5, 5.41) is 8.97. The molecule has 15 heavy (non-hydrogen) atoms. The summed E-state index contributed by atoms with van der Waals surface area (Å²) in [6, 6.07) is 0. The highest BCUT2D eigenvalue weighted by Crippen LogP contribution is 2.16. The first kappa shape index (κ1) is 11.7. The van der Waals surface area contributed by atoms with E-state index in [4.69, 9.17) is 10.8 Å². The van der Waals surface area contributed by atoms with Crippen LogP contribution in [-0.2, 0) is 0 Å². The molecule has 0 aliphatic rings. The van der Waals surface area contributed by atoms with Gasteiger partial charge in [-0.25, -0.2) is 4.98 Å². The number of aliphatic hydroxyl groups is 1. The summed E-state index contributed by atoms with van der Waals surface area (Å²) in [7, 11) is 0. The van der Waals surface area contributed by atoms with Gasteiger partial charge in [-0.3, -0.25) is 0 Å². The van der Waals surface area contributed by atoms with Crippen LogP contribution in [-0.4, -0.2) is 34.8 Å². The van der Waals surface area contributed by atoms with E-state index in [1.165, 1.54) is 0 Å². The predicted octanol–water partition coefficient (Wildman–Crippen LogP) is 0.576. The Hall–Kier alpha value is -1.36. The van der Waals surface area contributed by atoms with Crippen molar-refractivity contribution in [1.29, 1.82) is 0 Å². The molecule has 0 aliphatic heterocycles. The van der Waals surface area contributed by atoms with Crippen LogP contribution in [0, 0.1) is 6.92 Å². The molecule has 1 aromatic heterocycles. The lowest BCUT2D eigenvalue weighted by molar-refractivity contribution is 0.301. The second-order valence-corrected chi connectivity index (χ2v) is 3.45. The van der Waals surface area contributed by atoms with Crippen LogP contribution < -0.4 is 10.6 Å². The van der Waals surface area contributed by atoms with Gasteiger partial charge in [-0.2, -0.15) is 4.98 Å². The lowest BCUT2D eigenvalue weighted by atomic mass is 10.3. The van der Waals surface area contributed by atoms with Crippen molar-refractivity contribution in [3.05, 3.63) is 11.8 Å². The van der Waals surface area contributed by atoms with Gasteiger partial charge in [0.25, 0.3) is 0 Å². The Labute approximate surface area is 90.0 Å². The molecule has 0 bridgehead atoms. The zero-order valence-corrected chi connectivity index (χ0v) is 9.27. The summed E-state index contributed by atoms with van der Waals surface area (Å²) in [5.41, 5.74) is 6.52. The van der Waals surface area contributed by atoms with Gasteiger partial charge in [-0.15, -0.1) is 0 Å². The number of anilines is 2. The maximum Gasteiger partial charge on any atom is 0.221 e. The zero-order chi connectivity index (χ0) is 11.3. The number of aromatic nitrogens is 2. The van der Waals surface area contributed by atoms with E-state index in [1.807, 2.05) is 11.8 Å². The van der Waals surface area contributed by atoms with Crippen LogP contribution >= 0.6 is 0 Å². The van der Waals surface area contributed by atoms with Gasteiger partial charge in [-0.1, -0.05) is 6.92 Å². The first-order valence-corrected chi connectivity index (χ1v) is 5.14. The molecule has 1 heterocycles. The van der Waals surface area contributed by atoms with Crippen molar-refractivity contribution < 1.29 is 5.11 Å². The minimum absolute atomic E-state index is 0.114. The van der Waals surface area contributed by atoms with Gasteiger partial charge in [0.15, 0.2) is 0 Å². The van der Waals surface area contributed by atoms with E-state index in [0.29, 0.717) is 6.54 Å². The smallest absolute Gasteiger partial charge is 0.221 e. The molecule has 1 aromatic rings. The number of hydrogen-bond acceptors (Lipinski definition) is 5. The molecular formula is C10H18N4O. The Morgan fingerprint density at radius 3 is 2.80 bits per heavy atom. The number of aryl methyl sites for hydroxylation is 1. The van der Waals surface area contributed by atoms with Crippen molar-refractivity contribution in [1.82, 2.24) is 9.97 Å². The Morgan fingerprint density at radius 2 is 2.20 bits per heavy atom. The molecule has 0 atom stereocenters. The molecule has 3 N–H and O–H groups in total. The Kier molecular flexibility index (Phi) is 4.30. The summed E-state index contributed by atoms with van der Waals surface area (Å²) in [6.45, 7) is 5.57. The van der Waals surface area contributed by atoms with Crippen molar-refractivity contribution in [2.24, 2.45) is 0 Å². The lowest BCUT2D eigenvalue weighted by Gasteiger charge is -2.23. The number of rotatable bonds is 5. The first-order valence-electron chi connectivity index (χ1n) is 5.14. The molecular weight excluding hydrogens is 192 g/mol. The third kappa shape index (κ3) is 3.06. The SMILES string of the molecule is CCCN(CCO)c1nc(N)ncc1C. The van der Waals surface area contributed by atoms with Crippen molar-refractivity contribution >= 4 is 11.8 Å². The second-order valence-electron chi connectivity index (χ2n) is 3.45. The molecule has 0 amide bonds. The fourth-order valence-electron chi connectivity index (χ4n) is 1.48. The van der Waals surface area contributed by atoms with Gasteiger partial charge >= 0.3 is 0 Å². The van der Waals surface area contributed by atoms with Crippen LogP contribution in [0.3, 0.4) is 0 Å². The molecule has 1 rings (SSSR count). The van der Waals surface area contributed by atoms with Gasteiger partial charge in [0, 0.05) is 24.8 Å². The summed E-state index contributed by atoms with van der Waals surface area (Å²) < 4.78 is 0. The van der Waals surface area contributed by atoms with Gasteiger partial charge < -0.3 is 15.7 Å². The van der Waals surface area contributed by atoms with Crippen LogP contribution in [0.5, 0.6) is 0 Å². The molecule has 0 aliphatic carbocycles. The number of hydrogen-bond donors (Lipinski definition) is 2. The molecule has 0 saturated carbocycles. The molecule has 0 unspecified atom stereocenters. The van der Waals surface area contributed by atoms with Crippen molar-refractivity contribution in [3.63, 3.8) is 0 Å². The summed E-state index contributed by atoms with van der Waals surface area (Å²) in [6.07, 6.45) is 2.71. The van der Waals surface area contributed by atoms with Crippen molar-refractivity contribution in [2.75, 3.05) is 30.3 Å². The fourth-order valence-corrected chi connectivity index (χ4v) is 1.48. The predicted molar refractivity (Wildman–Crippen MR) is 60.8 cm³/mol. The van der Waals surface area contributed by atoms with Crippen LogP contribution in [0.2, 0.25) is 0 Å². The average molecular weight is 210 g/mol. The number of nitrogen functional groups attached to an aromatic ring is 1. The Balaban J connectivity index is 2.93. The highest BCUT2D eigenvalue weighted by Gasteiger charge is 2.10. The molecule has 0 aromatic carbocycles. The molecule has 5 heteroatoms. The van der Waals surface area contributed by atoms with Gasteiger partial charge in [0.05, 0.1) is 6.61 Å². The first-order chi connectivity index (χ1) is 7.19. The highest BCUT2D eigenvalue weighted by atomic mass is 16.3. The van der Waals surface area contributed by atoms with E-state index in [0.717, 1.165) is 24.3 Å². The van der Waals surface area contributed by atoms with E-state index in [1.54, 1.807) is 6.20 Å². The normalized spacial score (nSPS) is 10.3. The van der Waals surface area contributed by atoms with E-state index in [2.05, 4.69) is 16.9 Å². The molecule has 0 fully saturated rings. The number of aliphatic hydroxyl groups excluding tert-OH is 1. The quantitative estimate of drug-likeness (QED) is 0.743. The average Bonchev–Trinajstić information content (AvgIpc) is 2.21. The molecule has 0 saturated heterocycles. The van der Waals surface area contributed by atoms with E-state index in [9.17, 15) is 0 Å². The third-order valence-corrected chi connectivity index (χ3v) is 2.13. The minimum atomic E-state index is 0.114. The molecule has 0 spiro atoms. The van der Waals surface area contributed by atoms with Crippen molar-refractivity contribution in [2.45, 2.75) is 20.3 Å². The maximum atomic E-state index is 8.97. The van der Waals surface area contributed by atoms with E-state index >= 15 is 0 Å². The van der Waals surface area contributed by atoms with Crippen molar-refractivity contribution in [3.8, 4) is 0 Å². The van der Waals surface area contributed by atoms with Gasteiger partial charge in [-0.05, 0) is 13.3 Å². The van der Waals surface area contributed by atoms with Gasteiger partial charge in [0.1, 0.15) is 5.82 Å². The van der Waals surface area contributed by atoms with Crippen LogP contribution in [0.4, 0.5) is 11.8 Å². The zero-order valence-electron chi connectivity index (χ0n) is 9.27. The standard InChI is InChI=1S/C10H18N4O/c1-3-4-14(5-6-15)9-8(2)7-12-10(11)13-9/h7,15H,3-6H2,1-2H3,(H2,11,12,13). The number of nitrogens with zero attached hydrogens (tertiary/aromatic N) is 3. The monoisotopic (exact) mass is 210 g/mol. The molecule has 0 radical (unpaired) electrons. The summed E-state index contributed by atoms with van der Waals surface area (Å²) in [4.78, 5) is 10.1. The third-order valence-electron chi connectivity index (χ3n) is 2.13. The van der Waals surface area contributed by atoms with Gasteiger partial charge in [0.2, 0.25) is 5.95 Å². The lowest BCUT2D eigenvalue weighted by Crippen LogP contribution is -2.29. The van der Waals surface area contributed by atoms with Crippen LogP contribution in [0.15, 0.2) is 6.20 Å².